The van der Waals surface area contributed by atoms with Crippen molar-refractivity contribution in [1.82, 2.24) is 14.9 Å². The molecule has 2 amide bonds. The zero-order chi connectivity index (χ0) is 38.8. The molecule has 2 aliphatic heterocycles. The fraction of sp³-hybridized carbons (Fsp3) is 0.538. The lowest BCUT2D eigenvalue weighted by Crippen LogP contribution is -2.63. The van der Waals surface area contributed by atoms with Crippen molar-refractivity contribution in [2.75, 3.05) is 16.9 Å². The number of nitrogens with zero attached hydrogens (tertiary/aromatic N) is 2. The summed E-state index contributed by atoms with van der Waals surface area (Å²) >= 11 is 1.55. The molecule has 3 saturated carbocycles. The van der Waals surface area contributed by atoms with E-state index in [1.807, 2.05) is 38.3 Å². The van der Waals surface area contributed by atoms with E-state index < -0.39 is 53.3 Å². The van der Waals surface area contributed by atoms with Crippen molar-refractivity contribution in [1.29, 1.82) is 0 Å². The van der Waals surface area contributed by atoms with E-state index in [1.54, 1.807) is 17.8 Å². The molecule has 8 rings (SSSR count). The van der Waals surface area contributed by atoms with E-state index in [0.29, 0.717) is 29.5 Å². The third kappa shape index (κ3) is 6.96. The standard InChI is InChI=1S/C39H47BF3N5O5S/c1-7-30(40-52-32-27-15-24(36(27,2)3)17-38(32,5)53-40)47-33(50)29-18-37(4,19-31(49)46-25-12-9-13-26(16-25)54-6)35-45-21-28(34(51)48(29)35)44-20-22-10-8-11-23(14-22)39(41,42)43/h8-14,16,21,24,27,29-30,32,44H,7,15,17-20H2,1-6H3,(H,46,49)(H,47,50)/t24?,27?,29-,30-,32?,37-,38-/m0/s1. The summed E-state index contributed by atoms with van der Waals surface area (Å²) in [6.45, 7) is 10.3. The number of nitrogens with one attached hydrogen (secondary N) is 3. The van der Waals surface area contributed by atoms with Crippen LogP contribution in [0.25, 0.3) is 0 Å². The highest BCUT2D eigenvalue weighted by molar-refractivity contribution is 7.98. The van der Waals surface area contributed by atoms with Crippen molar-refractivity contribution in [3.05, 3.63) is 82.0 Å². The van der Waals surface area contributed by atoms with Gasteiger partial charge in [0.25, 0.3) is 5.56 Å². The van der Waals surface area contributed by atoms with E-state index in [2.05, 4.69) is 41.7 Å². The highest BCUT2D eigenvalue weighted by Gasteiger charge is 2.67. The summed E-state index contributed by atoms with van der Waals surface area (Å²) in [6, 6.07) is 11.3. The topological polar surface area (TPSA) is 124 Å². The lowest BCUT2D eigenvalue weighted by atomic mass is 9.45. The molecule has 7 atom stereocenters. The number of aromatic nitrogens is 2. The van der Waals surface area contributed by atoms with Crippen LogP contribution in [-0.2, 0) is 37.0 Å². The zero-order valence-electron chi connectivity index (χ0n) is 31.4. The van der Waals surface area contributed by atoms with Gasteiger partial charge in [-0.3, -0.25) is 19.0 Å². The number of anilines is 2. The van der Waals surface area contributed by atoms with Crippen molar-refractivity contribution in [3.63, 3.8) is 0 Å². The normalized spacial score (nSPS) is 28.4. The number of benzene rings is 2. The molecule has 0 radical (unpaired) electrons. The number of amides is 2. The van der Waals surface area contributed by atoms with E-state index in [1.165, 1.54) is 22.9 Å². The fourth-order valence-corrected chi connectivity index (χ4v) is 9.63. The molecule has 2 bridgehead atoms. The van der Waals surface area contributed by atoms with E-state index in [0.717, 1.165) is 29.9 Å². The number of carbonyl (C=O) groups is 2. The number of hydrogen-bond acceptors (Lipinski definition) is 8. The van der Waals surface area contributed by atoms with Crippen LogP contribution < -0.4 is 21.5 Å². The summed E-state index contributed by atoms with van der Waals surface area (Å²) in [6.07, 6.45) is 1.21. The van der Waals surface area contributed by atoms with Gasteiger partial charge in [-0.1, -0.05) is 45.9 Å². The Balaban J connectivity index is 1.15. The van der Waals surface area contributed by atoms with Crippen LogP contribution in [0.2, 0.25) is 0 Å². The second kappa shape index (κ2) is 14.0. The van der Waals surface area contributed by atoms with Gasteiger partial charge in [-0.25, -0.2) is 4.98 Å². The monoisotopic (exact) mass is 765 g/mol. The molecule has 10 nitrogen and oxygen atoms in total. The highest BCUT2D eigenvalue weighted by Crippen LogP contribution is 2.64. The van der Waals surface area contributed by atoms with Crippen molar-refractivity contribution in [3.8, 4) is 0 Å². The highest BCUT2D eigenvalue weighted by atomic mass is 32.2. The maximum atomic E-state index is 14.4. The number of hydrogen-bond donors (Lipinski definition) is 3. The van der Waals surface area contributed by atoms with Gasteiger partial charge in [0.2, 0.25) is 11.8 Å². The minimum atomic E-state index is -4.52. The molecule has 288 valence electrons. The maximum absolute atomic E-state index is 14.4. The molecule has 5 aliphatic rings. The minimum Gasteiger partial charge on any atom is -0.404 e. The second-order valence-electron chi connectivity index (χ2n) is 16.4. The SMILES string of the molecule is CC[C@H](NC(=O)[C@@H]1C[C@@](C)(CC(=O)Nc2cccc(SC)c2)c2ncc(NCc3cccc(C(F)(F)F)c3)c(=O)n21)B1OC2C3CC(C[C@]2(C)O1)C3(C)C. The van der Waals surface area contributed by atoms with E-state index >= 15 is 0 Å². The predicted octanol–water partition coefficient (Wildman–Crippen LogP) is 6.99. The number of halogens is 3. The Hall–Kier alpha value is -3.82. The van der Waals surface area contributed by atoms with E-state index in [9.17, 15) is 27.6 Å². The van der Waals surface area contributed by atoms with Gasteiger partial charge in [0.05, 0.1) is 29.4 Å². The third-order valence-electron chi connectivity index (χ3n) is 12.4. The van der Waals surface area contributed by atoms with Crippen LogP contribution in [0.4, 0.5) is 24.5 Å². The van der Waals surface area contributed by atoms with Crippen molar-refractivity contribution in [2.24, 2.45) is 17.3 Å². The second-order valence-corrected chi connectivity index (χ2v) is 17.3. The Labute approximate surface area is 317 Å². The Morgan fingerprint density at radius 1 is 1.11 bits per heavy atom. The van der Waals surface area contributed by atoms with Gasteiger partial charge in [0, 0.05) is 29.0 Å². The number of alkyl halides is 3. The molecule has 1 aromatic heterocycles. The summed E-state index contributed by atoms with van der Waals surface area (Å²) in [5, 5.41) is 9.01. The van der Waals surface area contributed by atoms with Gasteiger partial charge in [-0.15, -0.1) is 11.8 Å². The maximum Gasteiger partial charge on any atom is 0.481 e. The molecule has 0 spiro atoms. The average Bonchev–Trinajstić information content (AvgIpc) is 3.64. The molecular weight excluding hydrogens is 718 g/mol. The molecule has 3 aliphatic carbocycles. The van der Waals surface area contributed by atoms with Crippen LogP contribution in [0.3, 0.4) is 0 Å². The Morgan fingerprint density at radius 3 is 2.57 bits per heavy atom. The molecule has 3 unspecified atom stereocenters. The molecular formula is C39H47BF3N5O5S. The lowest BCUT2D eigenvalue weighted by molar-refractivity contribution is -0.185. The summed E-state index contributed by atoms with van der Waals surface area (Å²) in [5.74, 6) is -0.0596. The Bertz CT molecular complexity index is 2010. The van der Waals surface area contributed by atoms with Gasteiger partial charge < -0.3 is 25.3 Å². The van der Waals surface area contributed by atoms with Crippen molar-refractivity contribution < 1.29 is 32.1 Å². The molecule has 3 aromatic rings. The van der Waals surface area contributed by atoms with Crippen LogP contribution in [0.1, 0.15) is 89.7 Å². The van der Waals surface area contributed by atoms with Gasteiger partial charge >= 0.3 is 13.3 Å². The van der Waals surface area contributed by atoms with E-state index in [4.69, 9.17) is 9.31 Å². The van der Waals surface area contributed by atoms with Crippen LogP contribution in [0.5, 0.6) is 0 Å². The van der Waals surface area contributed by atoms with Gasteiger partial charge in [-0.2, -0.15) is 13.2 Å². The summed E-state index contributed by atoms with van der Waals surface area (Å²) in [5.41, 5.74) is -1.71. The predicted molar refractivity (Wildman–Crippen MR) is 202 cm³/mol. The number of carbonyl (C=O) groups excluding carboxylic acids is 2. The minimum absolute atomic E-state index is 0.0182. The summed E-state index contributed by atoms with van der Waals surface area (Å²) in [7, 11) is -0.672. The summed E-state index contributed by atoms with van der Waals surface area (Å²) < 4.78 is 54.7. The first kappa shape index (κ1) is 38.5. The van der Waals surface area contributed by atoms with Crippen molar-refractivity contribution in [2.45, 2.75) is 113 Å². The fourth-order valence-electron chi connectivity index (χ4n) is 9.17. The van der Waals surface area contributed by atoms with Crippen LogP contribution in [-0.4, -0.2) is 52.4 Å². The smallest absolute Gasteiger partial charge is 0.404 e. The van der Waals surface area contributed by atoms with Gasteiger partial charge in [0.15, 0.2) is 0 Å². The average molecular weight is 766 g/mol. The molecule has 2 aromatic carbocycles. The molecule has 15 heteroatoms. The molecule has 3 N–H and O–H groups in total. The quantitative estimate of drug-likeness (QED) is 0.141. The number of thioether (sulfide) groups is 1. The first-order chi connectivity index (χ1) is 25.5. The lowest BCUT2D eigenvalue weighted by Gasteiger charge is -2.63. The van der Waals surface area contributed by atoms with E-state index in [-0.39, 0.29) is 48.3 Å². The molecule has 4 fully saturated rings. The molecule has 54 heavy (non-hydrogen) atoms. The van der Waals surface area contributed by atoms with Gasteiger partial charge in [0.1, 0.15) is 17.6 Å². The number of rotatable bonds is 11. The van der Waals surface area contributed by atoms with Crippen LogP contribution in [0.15, 0.2) is 64.4 Å². The summed E-state index contributed by atoms with van der Waals surface area (Å²) in [4.78, 5) is 47.8. The van der Waals surface area contributed by atoms with Crippen LogP contribution in [0, 0.1) is 17.3 Å². The molecule has 1 saturated heterocycles. The number of fused-ring (bicyclic) bond motifs is 1. The molecule has 3 heterocycles. The largest absolute Gasteiger partial charge is 0.481 e. The van der Waals surface area contributed by atoms with Crippen LogP contribution >= 0.6 is 11.8 Å². The first-order valence-electron chi connectivity index (χ1n) is 18.6. The zero-order valence-corrected chi connectivity index (χ0v) is 32.2. The van der Waals surface area contributed by atoms with Gasteiger partial charge in [-0.05, 0) is 92.0 Å². The Morgan fingerprint density at radius 2 is 1.87 bits per heavy atom. The Kier molecular flexibility index (Phi) is 10.00. The van der Waals surface area contributed by atoms with Crippen molar-refractivity contribution >= 4 is 42.1 Å². The third-order valence-corrected chi connectivity index (χ3v) is 13.1. The first-order valence-corrected chi connectivity index (χ1v) is 19.8.